The highest BCUT2D eigenvalue weighted by atomic mass is 16.1. The summed E-state index contributed by atoms with van der Waals surface area (Å²) in [5, 5.41) is 11.5. The van der Waals surface area contributed by atoms with E-state index < -0.39 is 0 Å². The second kappa shape index (κ2) is 8.82. The monoisotopic (exact) mass is 390 g/mol. The lowest BCUT2D eigenvalue weighted by Crippen LogP contribution is -2.26. The summed E-state index contributed by atoms with van der Waals surface area (Å²) in [5.41, 5.74) is 5.57. The molecule has 3 nitrogen and oxygen atoms in total. The molecule has 0 radical (unpaired) electrons. The summed E-state index contributed by atoms with van der Waals surface area (Å²) in [4.78, 5) is 12.4. The number of rotatable bonds is 6. The Balaban J connectivity index is 2.44. The van der Waals surface area contributed by atoms with Crippen LogP contribution in [0.15, 0.2) is 42.5 Å². The van der Waals surface area contributed by atoms with Gasteiger partial charge in [0.25, 0.3) is 5.91 Å². The van der Waals surface area contributed by atoms with Crippen LogP contribution in [0.3, 0.4) is 0 Å². The quantitative estimate of drug-likeness (QED) is 0.608. The Hall–Kier alpha value is -2.60. The Labute approximate surface area is 176 Å². The van der Waals surface area contributed by atoms with Crippen LogP contribution in [0.2, 0.25) is 0 Å². The first-order valence-corrected chi connectivity index (χ1v) is 10.4. The van der Waals surface area contributed by atoms with E-state index in [1.54, 1.807) is 0 Å². The van der Waals surface area contributed by atoms with Gasteiger partial charge in [-0.1, -0.05) is 78.8 Å². The van der Waals surface area contributed by atoms with Crippen molar-refractivity contribution in [2.24, 2.45) is 0 Å². The molecule has 0 aromatic heterocycles. The van der Waals surface area contributed by atoms with Gasteiger partial charge in [-0.05, 0) is 45.7 Å². The Morgan fingerprint density at radius 2 is 1.69 bits per heavy atom. The third-order valence-electron chi connectivity index (χ3n) is 5.57. The summed E-state index contributed by atoms with van der Waals surface area (Å²) in [6, 6.07) is 16.7. The molecule has 0 atom stereocenters. The maximum atomic E-state index is 12.4. The topological polar surface area (TPSA) is 52.9 Å². The highest BCUT2D eigenvalue weighted by Crippen LogP contribution is 2.37. The molecule has 1 amide bonds. The van der Waals surface area contributed by atoms with E-state index in [1.807, 2.05) is 24.3 Å². The lowest BCUT2D eigenvalue weighted by Gasteiger charge is -2.31. The minimum absolute atomic E-state index is 0.0637. The van der Waals surface area contributed by atoms with Gasteiger partial charge in [-0.3, -0.25) is 4.79 Å². The molecule has 0 fully saturated rings. The molecule has 29 heavy (non-hydrogen) atoms. The second-order valence-corrected chi connectivity index (χ2v) is 9.58. The van der Waals surface area contributed by atoms with Gasteiger partial charge in [0.15, 0.2) is 0 Å². The number of nitriles is 1. The standard InChI is InChI=1S/C26H34N2O/c1-18(2)22-13-12-21(17-23(22)25(3,4)5)26(6,7)20-11-8-10-19(16-20)24(29)28-15-9-14-27/h8,10-13,16-18H,9,15H2,1-7H3,(H,28,29). The van der Waals surface area contributed by atoms with Crippen LogP contribution in [0.1, 0.15) is 93.4 Å². The number of nitrogens with zero attached hydrogens (tertiary/aromatic N) is 1. The number of carbonyl (C=O) groups excluding carboxylic acids is 1. The first kappa shape index (κ1) is 22.7. The van der Waals surface area contributed by atoms with Crippen LogP contribution in [-0.4, -0.2) is 12.5 Å². The van der Waals surface area contributed by atoms with E-state index in [0.717, 1.165) is 5.56 Å². The minimum atomic E-state index is -0.238. The van der Waals surface area contributed by atoms with E-state index in [1.165, 1.54) is 16.7 Å². The Kier molecular flexibility index (Phi) is 6.90. The fourth-order valence-electron chi connectivity index (χ4n) is 3.65. The van der Waals surface area contributed by atoms with Gasteiger partial charge in [-0.15, -0.1) is 0 Å². The lowest BCUT2D eigenvalue weighted by atomic mass is 9.73. The van der Waals surface area contributed by atoms with Gasteiger partial charge < -0.3 is 5.32 Å². The molecule has 2 aromatic carbocycles. The Morgan fingerprint density at radius 1 is 1.03 bits per heavy atom. The van der Waals surface area contributed by atoms with Crippen LogP contribution < -0.4 is 5.32 Å². The normalized spacial score (nSPS) is 12.0. The van der Waals surface area contributed by atoms with Crippen LogP contribution in [-0.2, 0) is 10.8 Å². The second-order valence-electron chi connectivity index (χ2n) is 9.58. The largest absolute Gasteiger partial charge is 0.351 e. The van der Waals surface area contributed by atoms with E-state index in [0.29, 0.717) is 24.4 Å². The highest BCUT2D eigenvalue weighted by molar-refractivity contribution is 5.94. The van der Waals surface area contributed by atoms with Crippen molar-refractivity contribution in [3.63, 3.8) is 0 Å². The number of carbonyl (C=O) groups is 1. The lowest BCUT2D eigenvalue weighted by molar-refractivity contribution is 0.0954. The van der Waals surface area contributed by atoms with Crippen LogP contribution in [0, 0.1) is 11.3 Å². The molecule has 0 aliphatic rings. The third-order valence-corrected chi connectivity index (χ3v) is 5.57. The van der Waals surface area contributed by atoms with Crippen molar-refractivity contribution in [3.8, 4) is 6.07 Å². The predicted molar refractivity (Wildman–Crippen MR) is 120 cm³/mol. The van der Waals surface area contributed by atoms with Crippen LogP contribution >= 0.6 is 0 Å². The molecular weight excluding hydrogens is 356 g/mol. The van der Waals surface area contributed by atoms with Gasteiger partial charge in [0.1, 0.15) is 0 Å². The molecule has 0 unspecified atom stereocenters. The van der Waals surface area contributed by atoms with Crippen molar-refractivity contribution < 1.29 is 4.79 Å². The van der Waals surface area contributed by atoms with Crippen molar-refractivity contribution >= 4 is 5.91 Å². The SMILES string of the molecule is CC(C)c1ccc(C(C)(C)c2cccc(C(=O)NCCC#N)c2)cc1C(C)(C)C. The number of nitrogens with one attached hydrogen (secondary N) is 1. The fraction of sp³-hybridized carbons (Fsp3) is 0.462. The number of amides is 1. The molecular formula is C26H34N2O. The third kappa shape index (κ3) is 5.26. The Bertz CT molecular complexity index is 911. The summed E-state index contributed by atoms with van der Waals surface area (Å²) in [6.45, 7) is 16.0. The van der Waals surface area contributed by atoms with Gasteiger partial charge >= 0.3 is 0 Å². The molecule has 154 valence electrons. The first-order valence-electron chi connectivity index (χ1n) is 10.4. The number of benzene rings is 2. The summed E-state index contributed by atoms with van der Waals surface area (Å²) in [6.07, 6.45) is 0.314. The van der Waals surface area contributed by atoms with E-state index in [4.69, 9.17) is 5.26 Å². The molecule has 0 aliphatic carbocycles. The van der Waals surface area contributed by atoms with Gasteiger partial charge in [-0.25, -0.2) is 0 Å². The van der Waals surface area contributed by atoms with Crippen molar-refractivity contribution in [3.05, 3.63) is 70.3 Å². The van der Waals surface area contributed by atoms with E-state index in [-0.39, 0.29) is 16.7 Å². The van der Waals surface area contributed by atoms with Crippen LogP contribution in [0.5, 0.6) is 0 Å². The van der Waals surface area contributed by atoms with Crippen molar-refractivity contribution in [2.45, 2.75) is 71.6 Å². The van der Waals surface area contributed by atoms with Gasteiger partial charge in [0.05, 0.1) is 12.5 Å². The average molecular weight is 391 g/mol. The molecule has 0 spiro atoms. The van der Waals surface area contributed by atoms with Gasteiger partial charge in [0.2, 0.25) is 0 Å². The molecule has 3 heteroatoms. The van der Waals surface area contributed by atoms with Crippen molar-refractivity contribution in [1.82, 2.24) is 5.32 Å². The molecule has 0 saturated heterocycles. The summed E-state index contributed by atoms with van der Waals surface area (Å²) in [7, 11) is 0. The van der Waals surface area contributed by atoms with Crippen molar-refractivity contribution in [1.29, 1.82) is 5.26 Å². The maximum Gasteiger partial charge on any atom is 0.251 e. The molecule has 2 aromatic rings. The molecule has 0 saturated carbocycles. The van der Waals surface area contributed by atoms with E-state index in [9.17, 15) is 4.79 Å². The zero-order chi connectivity index (χ0) is 21.8. The summed E-state index contributed by atoms with van der Waals surface area (Å²) >= 11 is 0. The average Bonchev–Trinajstić information content (AvgIpc) is 2.67. The molecule has 1 N–H and O–H groups in total. The molecule has 2 rings (SSSR count). The van der Waals surface area contributed by atoms with Crippen LogP contribution in [0.25, 0.3) is 0 Å². The number of hydrogen-bond acceptors (Lipinski definition) is 2. The predicted octanol–water partition coefficient (Wildman–Crippen LogP) is 6.08. The zero-order valence-electron chi connectivity index (χ0n) is 18.9. The van der Waals surface area contributed by atoms with Gasteiger partial charge in [0, 0.05) is 17.5 Å². The smallest absolute Gasteiger partial charge is 0.251 e. The first-order chi connectivity index (χ1) is 13.5. The summed E-state index contributed by atoms with van der Waals surface area (Å²) in [5.74, 6) is 0.338. The highest BCUT2D eigenvalue weighted by Gasteiger charge is 2.27. The van der Waals surface area contributed by atoms with Crippen LogP contribution in [0.4, 0.5) is 0 Å². The van der Waals surface area contributed by atoms with Gasteiger partial charge in [-0.2, -0.15) is 5.26 Å². The molecule has 0 bridgehead atoms. The Morgan fingerprint density at radius 3 is 2.28 bits per heavy atom. The fourth-order valence-corrected chi connectivity index (χ4v) is 3.65. The van der Waals surface area contributed by atoms with Crippen molar-refractivity contribution in [2.75, 3.05) is 6.54 Å². The molecule has 0 heterocycles. The van der Waals surface area contributed by atoms with E-state index in [2.05, 4.69) is 78.0 Å². The molecule has 0 aliphatic heterocycles. The summed E-state index contributed by atoms with van der Waals surface area (Å²) < 4.78 is 0. The minimum Gasteiger partial charge on any atom is -0.351 e. The number of hydrogen-bond donors (Lipinski definition) is 1. The van der Waals surface area contributed by atoms with E-state index >= 15 is 0 Å². The zero-order valence-corrected chi connectivity index (χ0v) is 18.9. The maximum absolute atomic E-state index is 12.4.